The third kappa shape index (κ3) is 4.59. The van der Waals surface area contributed by atoms with E-state index in [2.05, 4.69) is 54.8 Å². The molecule has 7 heteroatoms. The second kappa shape index (κ2) is 9.42. The predicted octanol–water partition coefficient (Wildman–Crippen LogP) is 3.59. The van der Waals surface area contributed by atoms with Gasteiger partial charge in [-0.3, -0.25) is 9.88 Å². The summed E-state index contributed by atoms with van der Waals surface area (Å²) in [5.41, 5.74) is 5.19. The van der Waals surface area contributed by atoms with Crippen molar-refractivity contribution in [2.45, 2.75) is 13.1 Å². The first kappa shape index (κ1) is 21.2. The van der Waals surface area contributed by atoms with Crippen molar-refractivity contribution < 1.29 is 9.53 Å². The maximum absolute atomic E-state index is 11.7. The molecule has 0 N–H and O–H groups in total. The molecule has 33 heavy (non-hydrogen) atoms. The van der Waals surface area contributed by atoms with Crippen LogP contribution >= 0.6 is 0 Å². The molecule has 1 aliphatic rings. The summed E-state index contributed by atoms with van der Waals surface area (Å²) in [6.45, 7) is 5.70. The Bertz CT molecular complexity index is 1230. The van der Waals surface area contributed by atoms with Crippen LogP contribution in [0.5, 0.6) is 0 Å². The van der Waals surface area contributed by atoms with E-state index in [0.29, 0.717) is 12.1 Å². The first-order valence-corrected chi connectivity index (χ1v) is 11.2. The van der Waals surface area contributed by atoms with Gasteiger partial charge in [0, 0.05) is 75.1 Å². The molecular weight excluding hydrogens is 414 g/mol. The topological polar surface area (TPSA) is 63.5 Å². The van der Waals surface area contributed by atoms with E-state index in [1.165, 1.54) is 23.7 Å². The van der Waals surface area contributed by atoms with Crippen LogP contribution in [0.2, 0.25) is 0 Å². The Morgan fingerprint density at radius 2 is 1.61 bits per heavy atom. The largest absolute Gasteiger partial charge is 0.465 e. The van der Waals surface area contributed by atoms with Gasteiger partial charge in [-0.15, -0.1) is 0 Å². The van der Waals surface area contributed by atoms with Crippen molar-refractivity contribution >= 4 is 22.7 Å². The van der Waals surface area contributed by atoms with Crippen molar-refractivity contribution in [3.05, 3.63) is 90.0 Å². The van der Waals surface area contributed by atoms with Gasteiger partial charge in [-0.2, -0.15) is 0 Å². The highest BCUT2D eigenvalue weighted by Gasteiger charge is 2.20. The summed E-state index contributed by atoms with van der Waals surface area (Å²) in [5, 5.41) is 1.17. The number of methoxy groups -OCH3 is 1. The van der Waals surface area contributed by atoms with Crippen LogP contribution in [0.3, 0.4) is 0 Å². The van der Waals surface area contributed by atoms with Gasteiger partial charge in [0.2, 0.25) is 0 Å². The van der Waals surface area contributed by atoms with E-state index in [-0.39, 0.29) is 5.97 Å². The molecule has 1 saturated heterocycles. The van der Waals surface area contributed by atoms with Gasteiger partial charge in [0.25, 0.3) is 0 Å². The van der Waals surface area contributed by atoms with E-state index in [9.17, 15) is 4.79 Å². The maximum Gasteiger partial charge on any atom is 0.337 e. The number of hydrogen-bond acceptors (Lipinski definition) is 6. The van der Waals surface area contributed by atoms with Crippen LogP contribution in [0, 0.1) is 0 Å². The Hall–Kier alpha value is -3.71. The maximum atomic E-state index is 11.7. The number of hydrogen-bond donors (Lipinski definition) is 0. The second-order valence-corrected chi connectivity index (χ2v) is 8.32. The highest BCUT2D eigenvalue weighted by atomic mass is 16.5. The van der Waals surface area contributed by atoms with Crippen LogP contribution in [0.25, 0.3) is 11.0 Å². The van der Waals surface area contributed by atoms with Crippen molar-refractivity contribution in [2.75, 3.05) is 38.2 Å². The number of piperazine rings is 1. The molecule has 0 amide bonds. The van der Waals surface area contributed by atoms with Gasteiger partial charge in [-0.1, -0.05) is 12.1 Å². The molecule has 7 nitrogen and oxygen atoms in total. The zero-order valence-electron chi connectivity index (χ0n) is 18.7. The molecule has 4 heterocycles. The fraction of sp³-hybridized carbons (Fsp3) is 0.269. The Morgan fingerprint density at radius 1 is 0.879 bits per heavy atom. The fourth-order valence-electron chi connectivity index (χ4n) is 4.43. The first-order chi connectivity index (χ1) is 16.2. The van der Waals surface area contributed by atoms with Crippen LogP contribution in [0.4, 0.5) is 5.69 Å². The summed E-state index contributed by atoms with van der Waals surface area (Å²) in [5.74, 6) is -0.319. The summed E-state index contributed by atoms with van der Waals surface area (Å²) < 4.78 is 6.94. The quantitative estimate of drug-likeness (QED) is 0.426. The number of esters is 1. The van der Waals surface area contributed by atoms with Crippen LogP contribution in [0.1, 0.15) is 21.5 Å². The molecular formula is C26H27N5O2. The minimum atomic E-state index is -0.319. The van der Waals surface area contributed by atoms with Crippen molar-refractivity contribution in [3.8, 4) is 0 Å². The average molecular weight is 442 g/mol. The van der Waals surface area contributed by atoms with Crippen LogP contribution in [-0.2, 0) is 17.8 Å². The highest BCUT2D eigenvalue weighted by Crippen LogP contribution is 2.28. The molecule has 1 fully saturated rings. The predicted molar refractivity (Wildman–Crippen MR) is 128 cm³/mol. The number of carbonyl (C=O) groups is 1. The molecule has 168 valence electrons. The number of ether oxygens (including phenoxy) is 1. The molecule has 3 aromatic heterocycles. The Labute approximate surface area is 193 Å². The summed E-state index contributed by atoms with van der Waals surface area (Å²) >= 11 is 0. The molecule has 0 unspecified atom stereocenters. The number of fused-ring (bicyclic) bond motifs is 1. The zero-order chi connectivity index (χ0) is 22.6. The van der Waals surface area contributed by atoms with Crippen LogP contribution in [-0.4, -0.2) is 58.7 Å². The molecule has 5 rings (SSSR count). The van der Waals surface area contributed by atoms with Crippen molar-refractivity contribution in [2.24, 2.45) is 0 Å². The Kier molecular flexibility index (Phi) is 6.04. The monoisotopic (exact) mass is 441 g/mol. The number of carbonyl (C=O) groups excluding carboxylic acids is 1. The molecule has 0 atom stereocenters. The molecule has 0 bridgehead atoms. The van der Waals surface area contributed by atoms with Gasteiger partial charge in [-0.25, -0.2) is 9.78 Å². The third-order valence-electron chi connectivity index (χ3n) is 6.24. The Morgan fingerprint density at radius 3 is 2.33 bits per heavy atom. The van der Waals surface area contributed by atoms with E-state index >= 15 is 0 Å². The smallest absolute Gasteiger partial charge is 0.337 e. The second-order valence-electron chi connectivity index (χ2n) is 8.32. The van der Waals surface area contributed by atoms with Crippen LogP contribution in [0.15, 0.2) is 73.3 Å². The van der Waals surface area contributed by atoms with E-state index in [0.717, 1.165) is 43.9 Å². The third-order valence-corrected chi connectivity index (χ3v) is 6.24. The normalized spacial score (nSPS) is 14.5. The highest BCUT2D eigenvalue weighted by molar-refractivity contribution is 5.90. The van der Waals surface area contributed by atoms with Crippen LogP contribution < -0.4 is 4.90 Å². The number of pyridine rings is 2. The lowest BCUT2D eigenvalue weighted by Crippen LogP contribution is -2.46. The lowest BCUT2D eigenvalue weighted by atomic mass is 10.1. The van der Waals surface area contributed by atoms with E-state index in [4.69, 9.17) is 4.74 Å². The van der Waals surface area contributed by atoms with Gasteiger partial charge in [0.05, 0.1) is 12.7 Å². The van der Waals surface area contributed by atoms with Gasteiger partial charge in [0.1, 0.15) is 5.65 Å². The molecule has 1 aliphatic heterocycles. The SMILES string of the molecule is COC(=O)c1ccc(Cn2ccc3c(N4CCN(Cc5ccncc5)CC4)ccnc32)cc1. The number of benzene rings is 1. The van der Waals surface area contributed by atoms with Gasteiger partial charge < -0.3 is 14.2 Å². The van der Waals surface area contributed by atoms with E-state index < -0.39 is 0 Å². The molecule has 1 aromatic carbocycles. The molecule has 4 aromatic rings. The zero-order valence-corrected chi connectivity index (χ0v) is 18.7. The van der Waals surface area contributed by atoms with E-state index in [1.54, 1.807) is 12.1 Å². The lowest BCUT2D eigenvalue weighted by Gasteiger charge is -2.36. The summed E-state index contributed by atoms with van der Waals surface area (Å²) in [4.78, 5) is 25.4. The number of anilines is 1. The minimum Gasteiger partial charge on any atom is -0.465 e. The average Bonchev–Trinajstić information content (AvgIpc) is 3.28. The Balaban J connectivity index is 1.28. The summed E-state index contributed by atoms with van der Waals surface area (Å²) in [6.07, 6.45) is 7.71. The van der Waals surface area contributed by atoms with Gasteiger partial charge >= 0.3 is 5.97 Å². The van der Waals surface area contributed by atoms with Crippen molar-refractivity contribution in [1.82, 2.24) is 19.4 Å². The standard InChI is InChI=1S/C26H27N5O2/c1-33-26(32)22-4-2-20(3-5-22)19-31-13-9-23-24(8-12-28-25(23)31)30-16-14-29(15-17-30)18-21-6-10-27-11-7-21/h2-13H,14-19H2,1H3. The van der Waals surface area contributed by atoms with Gasteiger partial charge in [-0.05, 0) is 47.5 Å². The molecule has 0 spiro atoms. The van der Waals surface area contributed by atoms with Crippen molar-refractivity contribution in [1.29, 1.82) is 0 Å². The molecule has 0 radical (unpaired) electrons. The minimum absolute atomic E-state index is 0.319. The fourth-order valence-corrected chi connectivity index (χ4v) is 4.43. The summed E-state index contributed by atoms with van der Waals surface area (Å²) in [6, 6.07) is 16.0. The van der Waals surface area contributed by atoms with Gasteiger partial charge in [0.15, 0.2) is 0 Å². The molecule has 0 saturated carbocycles. The number of aromatic nitrogens is 3. The van der Waals surface area contributed by atoms with E-state index in [1.807, 2.05) is 30.7 Å². The lowest BCUT2D eigenvalue weighted by molar-refractivity contribution is 0.0600. The van der Waals surface area contributed by atoms with Crippen molar-refractivity contribution in [3.63, 3.8) is 0 Å². The summed E-state index contributed by atoms with van der Waals surface area (Å²) in [7, 11) is 1.40. The molecule has 0 aliphatic carbocycles. The first-order valence-electron chi connectivity index (χ1n) is 11.2. The number of nitrogens with zero attached hydrogens (tertiary/aromatic N) is 5. The number of rotatable bonds is 6.